The average Bonchev–Trinajstić information content (AvgIpc) is 2.90. The highest BCUT2D eigenvalue weighted by molar-refractivity contribution is 5.78. The third-order valence-corrected chi connectivity index (χ3v) is 4.43. The number of para-hydroxylation sites is 1. The molecule has 2 saturated heterocycles. The summed E-state index contributed by atoms with van der Waals surface area (Å²) in [5.74, 6) is 0.831. The number of aliphatic hydroxyl groups excluding tert-OH is 1. The van der Waals surface area contributed by atoms with Crippen LogP contribution in [0.2, 0.25) is 0 Å². The third kappa shape index (κ3) is 3.78. The number of ether oxygens (including phenoxy) is 1. The van der Waals surface area contributed by atoms with Gasteiger partial charge in [0.15, 0.2) is 0 Å². The number of aliphatic hydroxyl groups is 1. The van der Waals surface area contributed by atoms with E-state index in [2.05, 4.69) is 4.90 Å². The van der Waals surface area contributed by atoms with Gasteiger partial charge in [-0.1, -0.05) is 24.6 Å². The van der Waals surface area contributed by atoms with E-state index in [1.807, 2.05) is 30.3 Å². The summed E-state index contributed by atoms with van der Waals surface area (Å²) in [6, 6.07) is 9.45. The van der Waals surface area contributed by atoms with Gasteiger partial charge in [-0.2, -0.15) is 0 Å². The fraction of sp³-hybridized carbons (Fsp3) is 0.588. The van der Waals surface area contributed by atoms with Crippen LogP contribution in [-0.2, 0) is 4.79 Å². The van der Waals surface area contributed by atoms with E-state index in [9.17, 15) is 9.90 Å². The zero-order valence-corrected chi connectivity index (χ0v) is 12.9. The highest BCUT2D eigenvalue weighted by Crippen LogP contribution is 2.19. The Morgan fingerprint density at radius 1 is 1.14 bits per heavy atom. The maximum atomic E-state index is 12.4. The maximum absolute atomic E-state index is 12.4. The lowest BCUT2D eigenvalue weighted by molar-refractivity contribution is -0.132. The van der Waals surface area contributed by atoms with Crippen LogP contribution in [0, 0.1) is 0 Å². The van der Waals surface area contributed by atoms with Crippen molar-refractivity contribution in [3.05, 3.63) is 30.3 Å². The lowest BCUT2D eigenvalue weighted by Gasteiger charge is -2.27. The molecular formula is C17H24N2O3. The van der Waals surface area contributed by atoms with Crippen molar-refractivity contribution in [2.75, 3.05) is 32.7 Å². The van der Waals surface area contributed by atoms with Gasteiger partial charge in [-0.3, -0.25) is 9.69 Å². The van der Waals surface area contributed by atoms with E-state index in [0.717, 1.165) is 18.8 Å². The van der Waals surface area contributed by atoms with E-state index in [0.29, 0.717) is 19.6 Å². The number of amides is 1. The maximum Gasteiger partial charge on any atom is 0.236 e. The first-order valence-electron chi connectivity index (χ1n) is 8.12. The van der Waals surface area contributed by atoms with Crippen LogP contribution in [-0.4, -0.2) is 65.7 Å². The molecule has 5 heteroatoms. The quantitative estimate of drug-likeness (QED) is 0.906. The van der Waals surface area contributed by atoms with E-state index in [4.69, 9.17) is 4.74 Å². The summed E-state index contributed by atoms with van der Waals surface area (Å²) in [6.07, 6.45) is 2.66. The number of nitrogens with zero attached hydrogens (tertiary/aromatic N) is 2. The molecule has 0 aliphatic carbocycles. The van der Waals surface area contributed by atoms with Crippen molar-refractivity contribution in [2.45, 2.75) is 31.5 Å². The van der Waals surface area contributed by atoms with Crippen LogP contribution in [0.1, 0.15) is 19.3 Å². The van der Waals surface area contributed by atoms with Crippen LogP contribution >= 0.6 is 0 Å². The summed E-state index contributed by atoms with van der Waals surface area (Å²) in [5.41, 5.74) is 0. The first kappa shape index (κ1) is 15.3. The number of hydrogen-bond acceptors (Lipinski definition) is 4. The van der Waals surface area contributed by atoms with Crippen molar-refractivity contribution in [3.63, 3.8) is 0 Å². The van der Waals surface area contributed by atoms with Crippen molar-refractivity contribution < 1.29 is 14.6 Å². The second kappa shape index (κ2) is 7.11. The highest BCUT2D eigenvalue weighted by Gasteiger charge is 2.36. The molecule has 1 aromatic rings. The van der Waals surface area contributed by atoms with Gasteiger partial charge in [-0.25, -0.2) is 0 Å². The summed E-state index contributed by atoms with van der Waals surface area (Å²) in [6.45, 7) is 3.30. The fourth-order valence-corrected chi connectivity index (χ4v) is 3.16. The van der Waals surface area contributed by atoms with Crippen molar-refractivity contribution in [2.24, 2.45) is 0 Å². The Morgan fingerprint density at radius 3 is 2.59 bits per heavy atom. The Balaban J connectivity index is 1.52. The van der Waals surface area contributed by atoms with E-state index >= 15 is 0 Å². The van der Waals surface area contributed by atoms with Gasteiger partial charge >= 0.3 is 0 Å². The van der Waals surface area contributed by atoms with Crippen molar-refractivity contribution in [1.82, 2.24) is 9.80 Å². The lowest BCUT2D eigenvalue weighted by atomic mass is 10.1. The molecule has 0 aromatic heterocycles. The van der Waals surface area contributed by atoms with Gasteiger partial charge in [-0.15, -0.1) is 0 Å². The standard InChI is InChI=1S/C17H24N2O3/c20-15-11-19(17(21)13-18-9-5-2-6-10-18)12-16(15)22-14-7-3-1-4-8-14/h1,3-4,7-8,15-16,20H,2,5-6,9-13H2/t15-,16-/m1/s1. The number of piperidine rings is 1. The lowest BCUT2D eigenvalue weighted by Crippen LogP contribution is -2.41. The van der Waals surface area contributed by atoms with Crippen LogP contribution in [0.5, 0.6) is 5.75 Å². The minimum Gasteiger partial charge on any atom is -0.486 e. The summed E-state index contributed by atoms with van der Waals surface area (Å²) < 4.78 is 5.80. The summed E-state index contributed by atoms with van der Waals surface area (Å²) >= 11 is 0. The number of hydrogen-bond donors (Lipinski definition) is 1. The van der Waals surface area contributed by atoms with E-state index in [-0.39, 0.29) is 12.0 Å². The number of rotatable bonds is 4. The number of carbonyl (C=O) groups excluding carboxylic acids is 1. The minimum atomic E-state index is -0.620. The predicted octanol–water partition coefficient (Wildman–Crippen LogP) is 1.12. The summed E-state index contributed by atoms with van der Waals surface area (Å²) in [4.78, 5) is 16.3. The Hall–Kier alpha value is -1.59. The van der Waals surface area contributed by atoms with Crippen LogP contribution in [0.3, 0.4) is 0 Å². The Labute approximate surface area is 131 Å². The van der Waals surface area contributed by atoms with Crippen molar-refractivity contribution in [1.29, 1.82) is 0 Å². The zero-order chi connectivity index (χ0) is 15.4. The topological polar surface area (TPSA) is 53.0 Å². The minimum absolute atomic E-state index is 0.0973. The Bertz CT molecular complexity index is 488. The second-order valence-electron chi connectivity index (χ2n) is 6.17. The smallest absolute Gasteiger partial charge is 0.236 e. The molecule has 0 saturated carbocycles. The molecule has 5 nitrogen and oxygen atoms in total. The molecule has 3 rings (SSSR count). The van der Waals surface area contributed by atoms with E-state index in [1.54, 1.807) is 4.90 Å². The van der Waals surface area contributed by atoms with Gasteiger partial charge in [-0.05, 0) is 38.1 Å². The summed E-state index contributed by atoms with van der Waals surface area (Å²) in [5, 5.41) is 10.1. The highest BCUT2D eigenvalue weighted by atomic mass is 16.5. The third-order valence-electron chi connectivity index (χ3n) is 4.43. The van der Waals surface area contributed by atoms with Gasteiger partial charge in [0.1, 0.15) is 18.0 Å². The molecule has 1 aromatic carbocycles. The molecule has 22 heavy (non-hydrogen) atoms. The largest absolute Gasteiger partial charge is 0.486 e. The molecule has 1 amide bonds. The molecular weight excluding hydrogens is 280 g/mol. The zero-order valence-electron chi connectivity index (χ0n) is 12.9. The van der Waals surface area contributed by atoms with Crippen LogP contribution in [0.15, 0.2) is 30.3 Å². The molecule has 2 atom stereocenters. The van der Waals surface area contributed by atoms with E-state index < -0.39 is 6.10 Å². The van der Waals surface area contributed by atoms with Crippen LogP contribution in [0.4, 0.5) is 0 Å². The van der Waals surface area contributed by atoms with Gasteiger partial charge in [0.25, 0.3) is 0 Å². The summed E-state index contributed by atoms with van der Waals surface area (Å²) in [7, 11) is 0. The first-order chi connectivity index (χ1) is 10.7. The van der Waals surface area contributed by atoms with Crippen molar-refractivity contribution in [3.8, 4) is 5.75 Å². The Kier molecular flexibility index (Phi) is 4.95. The second-order valence-corrected chi connectivity index (χ2v) is 6.17. The van der Waals surface area contributed by atoms with E-state index in [1.165, 1.54) is 19.3 Å². The molecule has 2 aliphatic rings. The van der Waals surface area contributed by atoms with Gasteiger partial charge < -0.3 is 14.7 Å². The first-order valence-corrected chi connectivity index (χ1v) is 8.12. The predicted molar refractivity (Wildman–Crippen MR) is 83.7 cm³/mol. The molecule has 120 valence electrons. The number of benzene rings is 1. The molecule has 0 bridgehead atoms. The average molecular weight is 304 g/mol. The molecule has 0 spiro atoms. The molecule has 0 unspecified atom stereocenters. The van der Waals surface area contributed by atoms with Crippen LogP contribution < -0.4 is 4.74 Å². The number of β-amino-alcohol motifs (C(OH)–C–C–N with tert-alkyl or cyclic N) is 1. The molecule has 2 heterocycles. The van der Waals surface area contributed by atoms with Gasteiger partial charge in [0.05, 0.1) is 19.6 Å². The van der Waals surface area contributed by atoms with Crippen molar-refractivity contribution >= 4 is 5.91 Å². The van der Waals surface area contributed by atoms with Gasteiger partial charge in [0.2, 0.25) is 5.91 Å². The molecule has 1 N–H and O–H groups in total. The molecule has 0 radical (unpaired) electrons. The number of likely N-dealkylation sites (tertiary alicyclic amines) is 2. The monoisotopic (exact) mass is 304 g/mol. The van der Waals surface area contributed by atoms with Crippen LogP contribution in [0.25, 0.3) is 0 Å². The SMILES string of the molecule is O=C(CN1CCCCC1)N1C[C@@H](O)[C@H](Oc2ccccc2)C1. The molecule has 2 fully saturated rings. The molecule has 2 aliphatic heterocycles. The Morgan fingerprint density at radius 2 is 1.86 bits per heavy atom. The fourth-order valence-electron chi connectivity index (χ4n) is 3.16. The number of carbonyl (C=O) groups is 1. The normalized spacial score (nSPS) is 26.1. The van der Waals surface area contributed by atoms with Gasteiger partial charge in [0, 0.05) is 0 Å².